The predicted molar refractivity (Wildman–Crippen MR) is 225 cm³/mol. The van der Waals surface area contributed by atoms with Crippen molar-refractivity contribution in [2.24, 2.45) is 0 Å². The van der Waals surface area contributed by atoms with Crippen LogP contribution in [0.2, 0.25) is 0 Å². The molecule has 10 aromatic rings. The Morgan fingerprint density at radius 1 is 0.288 bits per heavy atom. The lowest BCUT2D eigenvalue weighted by atomic mass is 9.97. The monoisotopic (exact) mass is 679 g/mol. The Bertz CT molecular complexity index is 2910. The fourth-order valence-corrected chi connectivity index (χ4v) is 8.73. The van der Waals surface area contributed by atoms with Gasteiger partial charge in [0.15, 0.2) is 0 Å². The van der Waals surface area contributed by atoms with Crippen molar-refractivity contribution in [2.45, 2.75) is 0 Å². The standard InChI is InChI=1S/C50H33NS/c1-2-12-37-30-39(23-22-34(37)10-1)35-24-27-42(28-25-35)51(44-17-8-15-41(32-44)46-20-9-13-36-11-3-4-18-45(36)46)43-16-7-14-38(31-43)40-26-29-50-48(33-40)47-19-5-6-21-49(47)52-50/h1-33H. The molecule has 0 unspecified atom stereocenters. The summed E-state index contributed by atoms with van der Waals surface area (Å²) < 4.78 is 2.65. The summed E-state index contributed by atoms with van der Waals surface area (Å²) in [4.78, 5) is 2.39. The van der Waals surface area contributed by atoms with E-state index in [1.165, 1.54) is 75.1 Å². The molecule has 0 saturated heterocycles. The van der Waals surface area contributed by atoms with Crippen LogP contribution in [0.1, 0.15) is 0 Å². The van der Waals surface area contributed by atoms with E-state index >= 15 is 0 Å². The van der Waals surface area contributed by atoms with E-state index in [2.05, 4.69) is 205 Å². The Morgan fingerprint density at radius 3 is 1.71 bits per heavy atom. The number of nitrogens with zero attached hydrogens (tertiary/aromatic N) is 1. The van der Waals surface area contributed by atoms with Crippen molar-refractivity contribution in [1.29, 1.82) is 0 Å². The zero-order valence-electron chi connectivity index (χ0n) is 28.4. The normalized spacial score (nSPS) is 11.5. The lowest BCUT2D eigenvalue weighted by Gasteiger charge is -2.27. The molecule has 0 N–H and O–H groups in total. The number of benzene rings is 9. The number of anilines is 3. The molecule has 9 aromatic carbocycles. The van der Waals surface area contributed by atoms with Gasteiger partial charge in [-0.2, -0.15) is 0 Å². The maximum absolute atomic E-state index is 2.39. The molecule has 0 aliphatic rings. The van der Waals surface area contributed by atoms with Crippen LogP contribution in [0, 0.1) is 0 Å². The summed E-state index contributed by atoms with van der Waals surface area (Å²) in [6.45, 7) is 0. The second-order valence-electron chi connectivity index (χ2n) is 13.4. The van der Waals surface area contributed by atoms with Crippen molar-refractivity contribution in [3.05, 3.63) is 200 Å². The molecule has 244 valence electrons. The van der Waals surface area contributed by atoms with Crippen molar-refractivity contribution in [2.75, 3.05) is 4.90 Å². The molecular weight excluding hydrogens is 647 g/mol. The molecule has 0 radical (unpaired) electrons. The number of hydrogen-bond acceptors (Lipinski definition) is 2. The van der Waals surface area contributed by atoms with Crippen LogP contribution in [0.15, 0.2) is 200 Å². The molecule has 0 saturated carbocycles. The highest BCUT2D eigenvalue weighted by molar-refractivity contribution is 7.25. The van der Waals surface area contributed by atoms with E-state index in [0.29, 0.717) is 0 Å². The van der Waals surface area contributed by atoms with Gasteiger partial charge in [-0.05, 0) is 116 Å². The highest BCUT2D eigenvalue weighted by Crippen LogP contribution is 2.41. The molecule has 1 nitrogen and oxygen atoms in total. The van der Waals surface area contributed by atoms with Gasteiger partial charge < -0.3 is 4.90 Å². The largest absolute Gasteiger partial charge is 0.310 e. The van der Waals surface area contributed by atoms with Crippen molar-refractivity contribution in [3.63, 3.8) is 0 Å². The Hall–Kier alpha value is -6.48. The van der Waals surface area contributed by atoms with Crippen LogP contribution < -0.4 is 4.90 Å². The van der Waals surface area contributed by atoms with Crippen LogP contribution in [0.25, 0.3) is 75.1 Å². The van der Waals surface area contributed by atoms with Gasteiger partial charge in [0, 0.05) is 37.2 Å². The van der Waals surface area contributed by atoms with Gasteiger partial charge in [0.25, 0.3) is 0 Å². The average Bonchev–Trinajstić information content (AvgIpc) is 3.59. The molecular formula is C50H33NS. The highest BCUT2D eigenvalue weighted by atomic mass is 32.1. The van der Waals surface area contributed by atoms with Crippen LogP contribution in [-0.2, 0) is 0 Å². The minimum atomic E-state index is 1.11. The van der Waals surface area contributed by atoms with Gasteiger partial charge in [-0.15, -0.1) is 11.3 Å². The Balaban J connectivity index is 1.10. The topological polar surface area (TPSA) is 3.24 Å². The molecule has 0 aliphatic carbocycles. The SMILES string of the molecule is c1cc(-c2ccc3sc4ccccc4c3c2)cc(N(c2ccc(-c3ccc4ccccc4c3)cc2)c2cccc(-c3cccc4ccccc34)c2)c1. The van der Waals surface area contributed by atoms with Crippen molar-refractivity contribution in [1.82, 2.24) is 0 Å². The highest BCUT2D eigenvalue weighted by Gasteiger charge is 2.16. The van der Waals surface area contributed by atoms with E-state index in [-0.39, 0.29) is 0 Å². The summed E-state index contributed by atoms with van der Waals surface area (Å²) in [6, 6.07) is 73.1. The molecule has 0 atom stereocenters. The maximum atomic E-state index is 2.39. The quantitative estimate of drug-likeness (QED) is 0.169. The van der Waals surface area contributed by atoms with Crippen LogP contribution in [0.3, 0.4) is 0 Å². The molecule has 0 fully saturated rings. The van der Waals surface area contributed by atoms with Gasteiger partial charge in [-0.25, -0.2) is 0 Å². The van der Waals surface area contributed by atoms with Gasteiger partial charge in [-0.3, -0.25) is 0 Å². The summed E-state index contributed by atoms with van der Waals surface area (Å²) in [6.07, 6.45) is 0. The molecule has 52 heavy (non-hydrogen) atoms. The third kappa shape index (κ3) is 5.42. The Kier molecular flexibility index (Phi) is 7.41. The number of thiophene rings is 1. The minimum absolute atomic E-state index is 1.11. The predicted octanol–water partition coefficient (Wildman–Crippen LogP) is 14.8. The zero-order valence-corrected chi connectivity index (χ0v) is 29.2. The van der Waals surface area contributed by atoms with Crippen molar-refractivity contribution in [3.8, 4) is 33.4 Å². The number of fused-ring (bicyclic) bond motifs is 5. The maximum Gasteiger partial charge on any atom is 0.0467 e. The van der Waals surface area contributed by atoms with Gasteiger partial charge in [0.1, 0.15) is 0 Å². The van der Waals surface area contributed by atoms with Crippen LogP contribution in [0.5, 0.6) is 0 Å². The molecule has 0 spiro atoms. The first-order chi connectivity index (χ1) is 25.7. The second-order valence-corrected chi connectivity index (χ2v) is 14.5. The smallest absolute Gasteiger partial charge is 0.0467 e. The summed E-state index contributed by atoms with van der Waals surface area (Å²) in [5.41, 5.74) is 10.6. The number of hydrogen-bond donors (Lipinski definition) is 0. The zero-order chi connectivity index (χ0) is 34.4. The third-order valence-electron chi connectivity index (χ3n) is 10.2. The first-order valence-corrected chi connectivity index (χ1v) is 18.6. The van der Waals surface area contributed by atoms with E-state index in [9.17, 15) is 0 Å². The fraction of sp³-hybridized carbons (Fsp3) is 0. The first kappa shape index (κ1) is 30.4. The molecule has 0 amide bonds. The minimum Gasteiger partial charge on any atom is -0.310 e. The van der Waals surface area contributed by atoms with E-state index < -0.39 is 0 Å². The van der Waals surface area contributed by atoms with E-state index in [0.717, 1.165) is 17.1 Å². The number of rotatable bonds is 6. The van der Waals surface area contributed by atoms with E-state index in [4.69, 9.17) is 0 Å². The van der Waals surface area contributed by atoms with Crippen LogP contribution in [0.4, 0.5) is 17.1 Å². The van der Waals surface area contributed by atoms with Gasteiger partial charge >= 0.3 is 0 Å². The Labute approximate surface area is 307 Å². The van der Waals surface area contributed by atoms with Gasteiger partial charge in [-0.1, -0.05) is 140 Å². The summed E-state index contributed by atoms with van der Waals surface area (Å²) in [5, 5.41) is 7.64. The molecule has 1 aromatic heterocycles. The molecule has 1 heterocycles. The first-order valence-electron chi connectivity index (χ1n) is 17.7. The van der Waals surface area contributed by atoms with Gasteiger partial charge in [0.05, 0.1) is 0 Å². The summed E-state index contributed by atoms with van der Waals surface area (Å²) >= 11 is 1.86. The lowest BCUT2D eigenvalue weighted by Crippen LogP contribution is -2.10. The second kappa shape index (κ2) is 12.7. The average molecular weight is 680 g/mol. The molecule has 0 bridgehead atoms. The van der Waals surface area contributed by atoms with Crippen molar-refractivity contribution >= 4 is 70.1 Å². The summed E-state index contributed by atoms with van der Waals surface area (Å²) in [7, 11) is 0. The lowest BCUT2D eigenvalue weighted by molar-refractivity contribution is 1.28. The molecule has 0 aliphatic heterocycles. The third-order valence-corrected chi connectivity index (χ3v) is 11.4. The van der Waals surface area contributed by atoms with Crippen LogP contribution >= 0.6 is 11.3 Å². The van der Waals surface area contributed by atoms with E-state index in [1.807, 2.05) is 11.3 Å². The molecule has 2 heteroatoms. The van der Waals surface area contributed by atoms with Crippen molar-refractivity contribution < 1.29 is 0 Å². The Morgan fingerprint density at radius 2 is 0.865 bits per heavy atom. The van der Waals surface area contributed by atoms with Crippen LogP contribution in [-0.4, -0.2) is 0 Å². The molecule has 10 rings (SSSR count). The van der Waals surface area contributed by atoms with E-state index in [1.54, 1.807) is 0 Å². The summed E-state index contributed by atoms with van der Waals surface area (Å²) in [5.74, 6) is 0. The fourth-order valence-electron chi connectivity index (χ4n) is 7.64. The van der Waals surface area contributed by atoms with Gasteiger partial charge in [0.2, 0.25) is 0 Å².